The lowest BCUT2D eigenvalue weighted by molar-refractivity contribution is 0.558. The predicted molar refractivity (Wildman–Crippen MR) is 76.1 cm³/mol. The fraction of sp³-hybridized carbons (Fsp3) is 0.923. The summed E-state index contributed by atoms with van der Waals surface area (Å²) in [5.74, 6) is 0.684. The molecular weight excluding hydrogens is 220 g/mol. The summed E-state index contributed by atoms with van der Waals surface area (Å²) in [6.45, 7) is 2.27. The molecule has 2 atom stereocenters. The van der Waals surface area contributed by atoms with Gasteiger partial charge in [-0.25, -0.2) is 0 Å². The monoisotopic (exact) mass is 244 g/mol. The number of hydrogen-bond donors (Lipinski definition) is 1. The highest BCUT2D eigenvalue weighted by molar-refractivity contribution is 7.88. The van der Waals surface area contributed by atoms with Crippen molar-refractivity contribution in [2.24, 2.45) is 5.92 Å². The zero-order valence-electron chi connectivity index (χ0n) is 9.87. The zero-order valence-corrected chi connectivity index (χ0v) is 11.6. The van der Waals surface area contributed by atoms with Gasteiger partial charge in [-0.1, -0.05) is 70.5 Å². The smallest absolute Gasteiger partial charge is 0.0407 e. The van der Waals surface area contributed by atoms with Crippen LogP contribution in [0.1, 0.15) is 64.7 Å². The zero-order chi connectivity index (χ0) is 11.1. The topological polar surface area (TPSA) is 0 Å². The third-order valence-corrected chi connectivity index (χ3v) is 4.67. The standard InChI is InChI=1S/C13H24S2/c1-2-3-4-5-6-7-8-9-10-11-12(14)13(11)15/h11-12,14H,2-10H2,1H3. The molecule has 2 unspecified atom stereocenters. The van der Waals surface area contributed by atoms with E-state index in [0.717, 1.165) is 0 Å². The lowest BCUT2D eigenvalue weighted by Gasteiger charge is -2.00. The second kappa shape index (κ2) is 7.67. The van der Waals surface area contributed by atoms with Gasteiger partial charge in [0.05, 0.1) is 0 Å². The second-order valence-electron chi connectivity index (χ2n) is 4.72. The van der Waals surface area contributed by atoms with Crippen molar-refractivity contribution in [3.8, 4) is 0 Å². The Morgan fingerprint density at radius 2 is 1.47 bits per heavy atom. The Kier molecular flexibility index (Phi) is 6.91. The van der Waals surface area contributed by atoms with E-state index in [1.807, 2.05) is 0 Å². The average Bonchev–Trinajstić information content (AvgIpc) is 2.80. The van der Waals surface area contributed by atoms with Crippen LogP contribution in [0.3, 0.4) is 0 Å². The fourth-order valence-corrected chi connectivity index (χ4v) is 2.94. The van der Waals surface area contributed by atoms with Gasteiger partial charge >= 0.3 is 0 Å². The minimum absolute atomic E-state index is 0.463. The van der Waals surface area contributed by atoms with E-state index in [9.17, 15) is 0 Å². The summed E-state index contributed by atoms with van der Waals surface area (Å²) in [7, 11) is 0. The average molecular weight is 244 g/mol. The Balaban J connectivity index is 1.76. The van der Waals surface area contributed by atoms with Crippen LogP contribution in [0.5, 0.6) is 0 Å². The van der Waals surface area contributed by atoms with Crippen LogP contribution in [-0.2, 0) is 0 Å². The molecule has 15 heavy (non-hydrogen) atoms. The first-order valence-electron chi connectivity index (χ1n) is 6.49. The van der Waals surface area contributed by atoms with Crippen LogP contribution in [-0.4, -0.2) is 10.1 Å². The lowest BCUT2D eigenvalue weighted by atomic mass is 10.1. The van der Waals surface area contributed by atoms with Crippen molar-refractivity contribution < 1.29 is 0 Å². The third kappa shape index (κ3) is 5.35. The van der Waals surface area contributed by atoms with Gasteiger partial charge in [-0.3, -0.25) is 0 Å². The maximum atomic E-state index is 5.16. The van der Waals surface area contributed by atoms with E-state index < -0.39 is 0 Å². The molecule has 1 saturated carbocycles. The molecule has 1 aliphatic carbocycles. The molecule has 0 amide bonds. The summed E-state index contributed by atoms with van der Waals surface area (Å²) >= 11 is 9.57. The Bertz CT molecular complexity index is 189. The van der Waals surface area contributed by atoms with Gasteiger partial charge in [0, 0.05) is 16.0 Å². The SMILES string of the molecule is CCCCCCCCCCC1C(=S)C1S. The molecule has 1 aliphatic rings. The van der Waals surface area contributed by atoms with Crippen LogP contribution in [0, 0.1) is 5.92 Å². The Hall–Kier alpha value is 0.440. The molecule has 2 heteroatoms. The van der Waals surface area contributed by atoms with E-state index in [0.29, 0.717) is 11.2 Å². The van der Waals surface area contributed by atoms with Gasteiger partial charge in [0.15, 0.2) is 0 Å². The first-order chi connectivity index (χ1) is 7.27. The third-order valence-electron chi connectivity index (χ3n) is 3.30. The molecule has 0 N–H and O–H groups in total. The number of thiocarbonyl (C=S) groups is 1. The van der Waals surface area contributed by atoms with Crippen LogP contribution in [0.4, 0.5) is 0 Å². The highest BCUT2D eigenvalue weighted by Gasteiger charge is 2.40. The minimum Gasteiger partial charge on any atom is -0.170 e. The quantitative estimate of drug-likeness (QED) is 0.345. The lowest BCUT2D eigenvalue weighted by Crippen LogP contribution is -1.84. The Morgan fingerprint density at radius 3 is 1.93 bits per heavy atom. The van der Waals surface area contributed by atoms with E-state index in [1.165, 1.54) is 62.7 Å². The fourth-order valence-electron chi connectivity index (χ4n) is 2.07. The Morgan fingerprint density at radius 1 is 1.00 bits per heavy atom. The molecule has 88 valence electrons. The molecule has 0 aromatic heterocycles. The van der Waals surface area contributed by atoms with E-state index in [-0.39, 0.29) is 0 Å². The highest BCUT2D eigenvalue weighted by atomic mass is 32.1. The van der Waals surface area contributed by atoms with Crippen molar-refractivity contribution in [1.29, 1.82) is 0 Å². The van der Waals surface area contributed by atoms with Crippen molar-refractivity contribution in [3.05, 3.63) is 0 Å². The number of unbranched alkanes of at least 4 members (excludes halogenated alkanes) is 7. The summed E-state index contributed by atoms with van der Waals surface area (Å²) in [5, 5.41) is 0.463. The molecule has 0 heterocycles. The number of rotatable bonds is 9. The summed E-state index contributed by atoms with van der Waals surface area (Å²) in [6, 6.07) is 0. The molecule has 0 aliphatic heterocycles. The van der Waals surface area contributed by atoms with Crippen molar-refractivity contribution in [1.82, 2.24) is 0 Å². The maximum absolute atomic E-state index is 5.16. The number of hydrogen-bond acceptors (Lipinski definition) is 2. The molecule has 0 saturated heterocycles. The first kappa shape index (κ1) is 13.5. The molecule has 1 fully saturated rings. The van der Waals surface area contributed by atoms with Gasteiger partial charge in [0.1, 0.15) is 0 Å². The van der Waals surface area contributed by atoms with Gasteiger partial charge < -0.3 is 0 Å². The van der Waals surface area contributed by atoms with Crippen LogP contribution >= 0.6 is 24.8 Å². The first-order valence-corrected chi connectivity index (χ1v) is 7.41. The maximum Gasteiger partial charge on any atom is 0.0407 e. The number of thiol groups is 1. The van der Waals surface area contributed by atoms with Gasteiger partial charge in [-0.15, -0.1) is 0 Å². The van der Waals surface area contributed by atoms with E-state index in [1.54, 1.807) is 0 Å². The molecule has 0 spiro atoms. The molecular formula is C13H24S2. The highest BCUT2D eigenvalue weighted by Crippen LogP contribution is 2.37. The van der Waals surface area contributed by atoms with Gasteiger partial charge in [0.2, 0.25) is 0 Å². The predicted octanol–water partition coefficient (Wildman–Crippen LogP) is 4.82. The molecule has 0 nitrogen and oxygen atoms in total. The van der Waals surface area contributed by atoms with Gasteiger partial charge in [-0.2, -0.15) is 12.6 Å². The minimum atomic E-state index is 0.463. The Labute approximate surface area is 106 Å². The largest absolute Gasteiger partial charge is 0.170 e. The van der Waals surface area contributed by atoms with Crippen molar-refractivity contribution in [2.45, 2.75) is 70.0 Å². The molecule has 1 rings (SSSR count). The molecule has 0 aromatic carbocycles. The van der Waals surface area contributed by atoms with Crippen LogP contribution in [0.2, 0.25) is 0 Å². The van der Waals surface area contributed by atoms with E-state index in [4.69, 9.17) is 12.2 Å². The summed E-state index contributed by atoms with van der Waals surface area (Å²) < 4.78 is 0. The van der Waals surface area contributed by atoms with E-state index in [2.05, 4.69) is 19.6 Å². The summed E-state index contributed by atoms with van der Waals surface area (Å²) in [4.78, 5) is 1.21. The second-order valence-corrected chi connectivity index (χ2v) is 5.74. The molecule has 0 bridgehead atoms. The van der Waals surface area contributed by atoms with Crippen molar-refractivity contribution >= 4 is 29.7 Å². The molecule has 0 radical (unpaired) electrons. The summed E-state index contributed by atoms with van der Waals surface area (Å²) in [6.07, 6.45) is 12.5. The van der Waals surface area contributed by atoms with Gasteiger partial charge in [0.25, 0.3) is 0 Å². The van der Waals surface area contributed by atoms with Gasteiger partial charge in [-0.05, 0) is 6.42 Å². The van der Waals surface area contributed by atoms with Crippen LogP contribution in [0.15, 0.2) is 0 Å². The molecule has 0 aromatic rings. The summed E-state index contributed by atoms with van der Waals surface area (Å²) in [5.41, 5.74) is 0. The van der Waals surface area contributed by atoms with Crippen molar-refractivity contribution in [3.63, 3.8) is 0 Å². The van der Waals surface area contributed by atoms with E-state index >= 15 is 0 Å². The van der Waals surface area contributed by atoms with Crippen molar-refractivity contribution in [2.75, 3.05) is 0 Å². The van der Waals surface area contributed by atoms with Crippen LogP contribution in [0.25, 0.3) is 0 Å². The van der Waals surface area contributed by atoms with Crippen LogP contribution < -0.4 is 0 Å². The normalized spacial score (nSPS) is 24.5.